The van der Waals surface area contributed by atoms with E-state index in [0.29, 0.717) is 6.61 Å². The van der Waals surface area contributed by atoms with E-state index in [-0.39, 0.29) is 6.04 Å². The van der Waals surface area contributed by atoms with Gasteiger partial charge in [-0.25, -0.2) is 4.98 Å². The van der Waals surface area contributed by atoms with Crippen LogP contribution in [-0.4, -0.2) is 18.7 Å². The van der Waals surface area contributed by atoms with Crippen LogP contribution in [0, 0.1) is 0 Å². The molecule has 0 radical (unpaired) electrons. The van der Waals surface area contributed by atoms with Crippen molar-refractivity contribution in [3.8, 4) is 0 Å². The van der Waals surface area contributed by atoms with E-state index in [2.05, 4.69) is 4.98 Å². The molecule has 1 aromatic heterocycles. The average molecular weight is 198 g/mol. The molecule has 0 amide bonds. The van der Waals surface area contributed by atoms with E-state index >= 15 is 0 Å². The first-order chi connectivity index (χ1) is 6.31. The van der Waals surface area contributed by atoms with Gasteiger partial charge in [-0.2, -0.15) is 0 Å². The molecule has 0 bridgehead atoms. The van der Waals surface area contributed by atoms with Gasteiger partial charge in [0.25, 0.3) is 0 Å². The number of thiazole rings is 1. The molecule has 0 aliphatic heterocycles. The summed E-state index contributed by atoms with van der Waals surface area (Å²) in [5.41, 5.74) is 7.16. The van der Waals surface area contributed by atoms with Gasteiger partial charge in [0, 0.05) is 12.0 Å². The number of nitrogens with two attached hydrogens (primary N) is 1. The van der Waals surface area contributed by atoms with E-state index in [0.717, 1.165) is 11.4 Å². The number of methoxy groups -OCH3 is 1. The highest BCUT2D eigenvalue weighted by Crippen LogP contribution is 2.29. The Balaban J connectivity index is 2.13. The summed E-state index contributed by atoms with van der Waals surface area (Å²) in [4.78, 5) is 5.95. The summed E-state index contributed by atoms with van der Waals surface area (Å²) in [7, 11) is 1.67. The van der Waals surface area contributed by atoms with Gasteiger partial charge >= 0.3 is 0 Å². The highest BCUT2D eigenvalue weighted by molar-refractivity contribution is 7.11. The van der Waals surface area contributed by atoms with Crippen LogP contribution >= 0.6 is 11.3 Å². The first-order valence-electron chi connectivity index (χ1n) is 4.54. The molecular weight excluding hydrogens is 184 g/mol. The Kier molecular flexibility index (Phi) is 2.62. The van der Waals surface area contributed by atoms with Crippen LogP contribution < -0.4 is 5.73 Å². The summed E-state index contributed by atoms with van der Waals surface area (Å²) >= 11 is 1.75. The minimum atomic E-state index is -0.0411. The van der Waals surface area contributed by atoms with Crippen molar-refractivity contribution in [3.05, 3.63) is 15.6 Å². The number of aryl methyl sites for hydroxylation is 2. The molecule has 0 fully saturated rings. The lowest BCUT2D eigenvalue weighted by Crippen LogP contribution is -2.15. The van der Waals surface area contributed by atoms with Crippen molar-refractivity contribution in [2.24, 2.45) is 5.73 Å². The fourth-order valence-corrected chi connectivity index (χ4v) is 2.76. The molecule has 2 rings (SSSR count). The zero-order chi connectivity index (χ0) is 9.26. The lowest BCUT2D eigenvalue weighted by molar-refractivity contribution is 0.180. The molecule has 1 atom stereocenters. The number of hydrogen-bond donors (Lipinski definition) is 1. The van der Waals surface area contributed by atoms with Crippen LogP contribution in [0.2, 0.25) is 0 Å². The average Bonchev–Trinajstić information content (AvgIpc) is 2.61. The second-order valence-electron chi connectivity index (χ2n) is 3.34. The van der Waals surface area contributed by atoms with E-state index < -0.39 is 0 Å². The summed E-state index contributed by atoms with van der Waals surface area (Å²) in [5, 5.41) is 1.03. The fraction of sp³-hybridized carbons (Fsp3) is 0.667. The number of nitrogens with zero attached hydrogens (tertiary/aromatic N) is 1. The van der Waals surface area contributed by atoms with Gasteiger partial charge in [-0.1, -0.05) is 0 Å². The van der Waals surface area contributed by atoms with E-state index in [1.54, 1.807) is 18.4 Å². The van der Waals surface area contributed by atoms with Crippen LogP contribution in [0.15, 0.2) is 0 Å². The third-order valence-electron chi connectivity index (χ3n) is 2.28. The molecule has 0 spiro atoms. The van der Waals surface area contributed by atoms with Gasteiger partial charge in [-0.15, -0.1) is 11.3 Å². The number of hydrogen-bond acceptors (Lipinski definition) is 4. The molecule has 0 aromatic carbocycles. The number of rotatable bonds is 3. The smallest absolute Gasteiger partial charge is 0.112 e. The molecule has 1 aliphatic carbocycles. The third-order valence-corrected chi connectivity index (χ3v) is 3.56. The van der Waals surface area contributed by atoms with E-state index in [9.17, 15) is 0 Å². The molecule has 0 saturated carbocycles. The molecule has 1 heterocycles. The van der Waals surface area contributed by atoms with Crippen molar-refractivity contribution in [2.45, 2.75) is 25.3 Å². The van der Waals surface area contributed by atoms with Crippen LogP contribution in [0.25, 0.3) is 0 Å². The lowest BCUT2D eigenvalue weighted by atomic mass is 10.3. The second kappa shape index (κ2) is 3.74. The summed E-state index contributed by atoms with van der Waals surface area (Å²) in [6, 6.07) is -0.0411. The van der Waals surface area contributed by atoms with Gasteiger partial charge in [-0.3, -0.25) is 0 Å². The predicted octanol–water partition coefficient (Wildman–Crippen LogP) is 1.28. The highest BCUT2D eigenvalue weighted by atomic mass is 32.1. The molecule has 3 nitrogen and oxygen atoms in total. The maximum atomic E-state index is 5.89. The molecule has 72 valence electrons. The fourth-order valence-electron chi connectivity index (χ4n) is 1.62. The Hall–Kier alpha value is -0.450. The quantitative estimate of drug-likeness (QED) is 0.796. The van der Waals surface area contributed by atoms with Gasteiger partial charge in [0.1, 0.15) is 5.01 Å². The molecule has 1 aliphatic rings. The van der Waals surface area contributed by atoms with Crippen LogP contribution in [0.3, 0.4) is 0 Å². The SMILES string of the molecule is COC[C@H](N)c1nc2c(s1)CCC2. The molecule has 4 heteroatoms. The molecule has 2 N–H and O–H groups in total. The lowest BCUT2D eigenvalue weighted by Gasteiger charge is -2.05. The van der Waals surface area contributed by atoms with E-state index in [4.69, 9.17) is 10.5 Å². The van der Waals surface area contributed by atoms with Crippen molar-refractivity contribution in [1.82, 2.24) is 4.98 Å². The second-order valence-corrected chi connectivity index (χ2v) is 4.45. The monoisotopic (exact) mass is 198 g/mol. The Labute approximate surface area is 81.9 Å². The molecule has 13 heavy (non-hydrogen) atoms. The third kappa shape index (κ3) is 1.75. The van der Waals surface area contributed by atoms with Crippen molar-refractivity contribution < 1.29 is 4.74 Å². The topological polar surface area (TPSA) is 48.1 Å². The van der Waals surface area contributed by atoms with Gasteiger partial charge in [0.2, 0.25) is 0 Å². The Morgan fingerprint density at radius 2 is 2.46 bits per heavy atom. The summed E-state index contributed by atoms with van der Waals surface area (Å²) in [6.45, 7) is 0.562. The van der Waals surface area contributed by atoms with Gasteiger partial charge in [0.05, 0.1) is 18.3 Å². The van der Waals surface area contributed by atoms with Crippen molar-refractivity contribution in [3.63, 3.8) is 0 Å². The molecule has 0 saturated heterocycles. The summed E-state index contributed by atoms with van der Waals surface area (Å²) < 4.78 is 5.00. The van der Waals surface area contributed by atoms with Crippen LogP contribution in [0.5, 0.6) is 0 Å². The van der Waals surface area contributed by atoms with Crippen LogP contribution in [0.1, 0.15) is 28.0 Å². The van der Waals surface area contributed by atoms with Gasteiger partial charge in [-0.05, 0) is 19.3 Å². The standard InChI is InChI=1S/C9H14N2OS/c1-12-5-6(10)9-11-7-3-2-4-8(7)13-9/h6H,2-5,10H2,1H3/t6-/m0/s1. The number of fused-ring (bicyclic) bond motifs is 1. The van der Waals surface area contributed by atoms with Crippen LogP contribution in [0.4, 0.5) is 0 Å². The van der Waals surface area contributed by atoms with Crippen LogP contribution in [-0.2, 0) is 17.6 Å². The Bertz CT molecular complexity index is 276. The van der Waals surface area contributed by atoms with Gasteiger partial charge < -0.3 is 10.5 Å². The summed E-state index contributed by atoms with van der Waals surface area (Å²) in [6.07, 6.45) is 3.58. The predicted molar refractivity (Wildman–Crippen MR) is 52.9 cm³/mol. The zero-order valence-electron chi connectivity index (χ0n) is 7.75. The maximum absolute atomic E-state index is 5.89. The Morgan fingerprint density at radius 3 is 3.15 bits per heavy atom. The van der Waals surface area contributed by atoms with Crippen molar-refractivity contribution in [2.75, 3.05) is 13.7 Å². The zero-order valence-corrected chi connectivity index (χ0v) is 8.56. The highest BCUT2D eigenvalue weighted by Gasteiger charge is 2.19. The molecule has 0 unspecified atom stereocenters. The van der Waals surface area contributed by atoms with E-state index in [1.165, 1.54) is 23.4 Å². The minimum Gasteiger partial charge on any atom is -0.383 e. The summed E-state index contributed by atoms with van der Waals surface area (Å²) in [5.74, 6) is 0. The Morgan fingerprint density at radius 1 is 1.62 bits per heavy atom. The number of aromatic nitrogens is 1. The molecular formula is C9H14N2OS. The first-order valence-corrected chi connectivity index (χ1v) is 5.36. The van der Waals surface area contributed by atoms with Gasteiger partial charge in [0.15, 0.2) is 0 Å². The van der Waals surface area contributed by atoms with Crippen molar-refractivity contribution >= 4 is 11.3 Å². The maximum Gasteiger partial charge on any atom is 0.112 e. The molecule has 1 aromatic rings. The number of ether oxygens (including phenoxy) is 1. The first kappa shape index (κ1) is 9.12. The minimum absolute atomic E-state index is 0.0411. The van der Waals surface area contributed by atoms with E-state index in [1.807, 2.05) is 0 Å². The largest absolute Gasteiger partial charge is 0.383 e. The van der Waals surface area contributed by atoms with Crippen molar-refractivity contribution in [1.29, 1.82) is 0 Å². The normalized spacial score (nSPS) is 17.4.